The number of carbonyl (C=O) groups is 2. The summed E-state index contributed by atoms with van der Waals surface area (Å²) in [7, 11) is 0. The number of nitro benzene ring substituents is 1. The van der Waals surface area contributed by atoms with Crippen LogP contribution < -0.4 is 5.43 Å². The van der Waals surface area contributed by atoms with E-state index in [1.165, 1.54) is 18.2 Å². The number of benzene rings is 1. The average Bonchev–Trinajstić information content (AvgIpc) is 2.58. The van der Waals surface area contributed by atoms with Crippen LogP contribution >= 0.6 is 0 Å². The largest absolute Gasteiger partial charge is 0.480 e. The second kappa shape index (κ2) is 8.31. The first-order valence-electron chi connectivity index (χ1n) is 8.53. The lowest BCUT2D eigenvalue weighted by atomic mass is 10.1. The van der Waals surface area contributed by atoms with Crippen LogP contribution in [0.25, 0.3) is 0 Å². The summed E-state index contributed by atoms with van der Waals surface area (Å²) < 4.78 is 5.32. The highest BCUT2D eigenvalue weighted by atomic mass is 16.6. The second-order valence-corrected chi connectivity index (χ2v) is 7.17. The number of hydrogen-bond acceptors (Lipinski definition) is 7. The van der Waals surface area contributed by atoms with Gasteiger partial charge in [0.2, 0.25) is 0 Å². The zero-order valence-corrected chi connectivity index (χ0v) is 15.5. The molecule has 1 aromatic rings. The number of amides is 1. The number of nitrogens with zero attached hydrogens (tertiary/aromatic N) is 3. The Balaban J connectivity index is 2.03. The van der Waals surface area contributed by atoms with Crippen LogP contribution in [0.3, 0.4) is 0 Å². The molecular formula is C17H24N4O6. The monoisotopic (exact) mass is 380 g/mol. The van der Waals surface area contributed by atoms with Gasteiger partial charge in [-0.2, -0.15) is 0 Å². The Hall–Kier alpha value is -2.72. The third-order valence-electron chi connectivity index (χ3n) is 3.93. The number of nitro groups is 1. The lowest BCUT2D eigenvalue weighted by molar-refractivity contribution is -0.385. The van der Waals surface area contributed by atoms with Crippen LogP contribution in [0, 0.1) is 10.1 Å². The van der Waals surface area contributed by atoms with E-state index in [0.29, 0.717) is 26.2 Å². The van der Waals surface area contributed by atoms with Gasteiger partial charge >= 0.3 is 12.1 Å². The van der Waals surface area contributed by atoms with Gasteiger partial charge in [0.25, 0.3) is 5.69 Å². The molecule has 1 aliphatic heterocycles. The van der Waals surface area contributed by atoms with Crippen LogP contribution in [0.15, 0.2) is 24.3 Å². The van der Waals surface area contributed by atoms with Crippen molar-refractivity contribution in [3.63, 3.8) is 0 Å². The zero-order chi connectivity index (χ0) is 20.2. The van der Waals surface area contributed by atoms with Crippen LogP contribution in [-0.4, -0.2) is 63.8 Å². The van der Waals surface area contributed by atoms with E-state index in [4.69, 9.17) is 4.74 Å². The molecule has 1 amide bonds. The predicted octanol–water partition coefficient (Wildman–Crippen LogP) is 1.78. The Morgan fingerprint density at radius 1 is 1.22 bits per heavy atom. The highest BCUT2D eigenvalue weighted by Gasteiger charge is 2.31. The molecule has 2 rings (SSSR count). The van der Waals surface area contributed by atoms with Gasteiger partial charge < -0.3 is 14.7 Å². The van der Waals surface area contributed by atoms with Gasteiger partial charge in [-0.1, -0.05) is 12.1 Å². The molecule has 0 aliphatic carbocycles. The Labute approximate surface area is 156 Å². The Morgan fingerprint density at radius 3 is 2.33 bits per heavy atom. The summed E-state index contributed by atoms with van der Waals surface area (Å²) in [6, 6.07) is 4.47. The number of carbonyl (C=O) groups excluding carboxylic acids is 1. The average molecular weight is 380 g/mol. The maximum absolute atomic E-state index is 12.1. The van der Waals surface area contributed by atoms with E-state index in [-0.39, 0.29) is 11.3 Å². The molecule has 10 nitrogen and oxygen atoms in total. The van der Waals surface area contributed by atoms with Crippen molar-refractivity contribution < 1.29 is 24.4 Å². The minimum atomic E-state index is -1.26. The van der Waals surface area contributed by atoms with Crippen molar-refractivity contribution in [3.8, 4) is 0 Å². The van der Waals surface area contributed by atoms with E-state index in [0.717, 1.165) is 0 Å². The molecule has 0 radical (unpaired) electrons. The first kappa shape index (κ1) is 20.6. The Kier molecular flexibility index (Phi) is 6.34. The Bertz CT molecular complexity index is 710. The molecule has 1 atom stereocenters. The van der Waals surface area contributed by atoms with Crippen molar-refractivity contribution in [3.05, 3.63) is 39.9 Å². The maximum Gasteiger partial charge on any atom is 0.410 e. The molecule has 0 aromatic heterocycles. The number of piperazine rings is 1. The lowest BCUT2D eigenvalue weighted by Crippen LogP contribution is -2.55. The van der Waals surface area contributed by atoms with Crippen LogP contribution in [0.4, 0.5) is 10.5 Å². The molecule has 10 heteroatoms. The molecule has 1 unspecified atom stereocenters. The van der Waals surface area contributed by atoms with Crippen molar-refractivity contribution in [2.75, 3.05) is 26.2 Å². The second-order valence-electron chi connectivity index (χ2n) is 7.17. The van der Waals surface area contributed by atoms with Crippen molar-refractivity contribution in [2.24, 2.45) is 0 Å². The van der Waals surface area contributed by atoms with Crippen molar-refractivity contribution >= 4 is 17.7 Å². The quantitative estimate of drug-likeness (QED) is 0.585. The zero-order valence-electron chi connectivity index (χ0n) is 15.5. The molecule has 1 heterocycles. The number of ether oxygens (including phenoxy) is 1. The summed E-state index contributed by atoms with van der Waals surface area (Å²) in [5.74, 6) is -1.22. The van der Waals surface area contributed by atoms with Gasteiger partial charge in [-0.15, -0.1) is 0 Å². The summed E-state index contributed by atoms with van der Waals surface area (Å²) in [5.41, 5.74) is 2.05. The smallest absolute Gasteiger partial charge is 0.410 e. The van der Waals surface area contributed by atoms with Crippen LogP contribution in [0.1, 0.15) is 32.4 Å². The number of rotatable bonds is 5. The third-order valence-corrected chi connectivity index (χ3v) is 3.93. The fourth-order valence-electron chi connectivity index (χ4n) is 2.68. The summed E-state index contributed by atoms with van der Waals surface area (Å²) >= 11 is 0. The SMILES string of the molecule is CC(C)(C)OC(=O)N1CCN(NC(C(=O)O)c2ccccc2[N+](=O)[O-])CC1. The molecule has 2 N–H and O–H groups in total. The lowest BCUT2D eigenvalue weighted by Gasteiger charge is -2.36. The Morgan fingerprint density at radius 2 is 1.81 bits per heavy atom. The van der Waals surface area contributed by atoms with Crippen molar-refractivity contribution in [1.29, 1.82) is 0 Å². The summed E-state index contributed by atoms with van der Waals surface area (Å²) in [6.45, 7) is 6.79. The number of carboxylic acid groups (broad SMARTS) is 1. The molecule has 1 aliphatic rings. The third kappa shape index (κ3) is 5.63. The molecule has 27 heavy (non-hydrogen) atoms. The molecular weight excluding hydrogens is 356 g/mol. The topological polar surface area (TPSA) is 125 Å². The van der Waals surface area contributed by atoms with Gasteiger partial charge in [0.15, 0.2) is 6.04 Å². The number of carboxylic acids is 1. The fraction of sp³-hybridized carbons (Fsp3) is 0.529. The first-order chi connectivity index (χ1) is 12.6. The van der Waals surface area contributed by atoms with Gasteiger partial charge in [0, 0.05) is 32.2 Å². The van der Waals surface area contributed by atoms with Crippen molar-refractivity contribution in [2.45, 2.75) is 32.4 Å². The van der Waals surface area contributed by atoms with E-state index in [9.17, 15) is 24.8 Å². The van der Waals surface area contributed by atoms with E-state index in [1.54, 1.807) is 36.7 Å². The summed E-state index contributed by atoms with van der Waals surface area (Å²) in [5, 5.41) is 22.4. The maximum atomic E-state index is 12.1. The number of nitrogens with one attached hydrogen (secondary N) is 1. The molecule has 1 saturated heterocycles. The number of hydrogen-bond donors (Lipinski definition) is 2. The van der Waals surface area contributed by atoms with Gasteiger partial charge in [-0.25, -0.2) is 15.2 Å². The van der Waals surface area contributed by atoms with Crippen LogP contribution in [-0.2, 0) is 9.53 Å². The minimum absolute atomic E-state index is 0.0737. The number of para-hydroxylation sites is 1. The molecule has 148 valence electrons. The number of aliphatic carboxylic acids is 1. The highest BCUT2D eigenvalue weighted by molar-refractivity contribution is 5.77. The molecule has 1 fully saturated rings. The first-order valence-corrected chi connectivity index (χ1v) is 8.53. The van der Waals surface area contributed by atoms with E-state index in [1.807, 2.05) is 0 Å². The molecule has 0 bridgehead atoms. The minimum Gasteiger partial charge on any atom is -0.480 e. The fourth-order valence-corrected chi connectivity index (χ4v) is 2.68. The predicted molar refractivity (Wildman–Crippen MR) is 96.0 cm³/mol. The number of hydrazine groups is 1. The van der Waals surface area contributed by atoms with Gasteiger partial charge in [-0.05, 0) is 26.8 Å². The standard InChI is InChI=1S/C17H24N4O6/c1-17(2,3)27-16(24)19-8-10-20(11-9-19)18-14(15(22)23)12-6-4-5-7-13(12)21(25)26/h4-7,14,18H,8-11H2,1-3H3,(H,22,23). The van der Waals surface area contributed by atoms with Crippen molar-refractivity contribution in [1.82, 2.24) is 15.3 Å². The molecule has 0 saturated carbocycles. The van der Waals surface area contributed by atoms with E-state index in [2.05, 4.69) is 5.43 Å². The van der Waals surface area contributed by atoms with Crippen LogP contribution in [0.2, 0.25) is 0 Å². The van der Waals surface area contributed by atoms with Gasteiger partial charge in [-0.3, -0.25) is 14.9 Å². The van der Waals surface area contributed by atoms with Crippen LogP contribution in [0.5, 0.6) is 0 Å². The molecule has 0 spiro atoms. The normalized spacial score (nSPS) is 16.6. The summed E-state index contributed by atoms with van der Waals surface area (Å²) in [6.07, 6.45) is -0.421. The van der Waals surface area contributed by atoms with Gasteiger partial charge in [0.05, 0.1) is 10.5 Å². The van der Waals surface area contributed by atoms with E-state index >= 15 is 0 Å². The highest BCUT2D eigenvalue weighted by Crippen LogP contribution is 2.25. The van der Waals surface area contributed by atoms with E-state index < -0.39 is 28.6 Å². The van der Waals surface area contributed by atoms with Gasteiger partial charge in [0.1, 0.15) is 5.60 Å². The molecule has 1 aromatic carbocycles. The summed E-state index contributed by atoms with van der Waals surface area (Å²) in [4.78, 5) is 35.9.